The number of benzene rings is 1. The number of rotatable bonds is 5. The van der Waals surface area contributed by atoms with E-state index in [1.54, 1.807) is 0 Å². The minimum Gasteiger partial charge on any atom is -0.862 e. The van der Waals surface area contributed by atoms with Gasteiger partial charge in [0.1, 0.15) is 0 Å². The molecule has 0 saturated carbocycles. The van der Waals surface area contributed by atoms with E-state index in [4.69, 9.17) is 0 Å². The third kappa shape index (κ3) is 9.61. The molecule has 0 fully saturated rings. The smallest absolute Gasteiger partial charge is 0.862 e. The Bertz CT molecular complexity index is 377. The summed E-state index contributed by atoms with van der Waals surface area (Å²) in [6.45, 7) is 8.63. The van der Waals surface area contributed by atoms with Crippen LogP contribution in [0, 0.1) is 6.04 Å². The second kappa shape index (κ2) is 9.92. The molecule has 0 spiro atoms. The maximum absolute atomic E-state index is 11.7. The number of hydrogen-bond acceptors (Lipinski definition) is 2. The molecule has 1 aromatic rings. The van der Waals surface area contributed by atoms with Crippen LogP contribution in [0.15, 0.2) is 35.3 Å². The van der Waals surface area contributed by atoms with Gasteiger partial charge in [0.15, 0.2) is 0 Å². The molecule has 0 heterocycles. The maximum Gasteiger partial charge on any atom is 1.00 e. The Hall–Kier alpha value is 0.102. The molecule has 1 atom stereocenters. The zero-order chi connectivity index (χ0) is 12.9. The second-order valence-corrected chi connectivity index (χ2v) is 10.5. The van der Waals surface area contributed by atoms with E-state index in [9.17, 15) is 5.11 Å². The van der Waals surface area contributed by atoms with Crippen molar-refractivity contribution in [2.24, 2.45) is 4.99 Å². The molecule has 0 aliphatic heterocycles. The maximum atomic E-state index is 11.7. The molecule has 5 heteroatoms. The standard InChI is InChI=1S/C14H22NOSi.2Li/c1-12(13-8-6-5-7-9-13)15-14(16)10-11-17(2,3)4;;/h5-9,11-12H,10H2,1-4H3,(H,15,16);;/q;;+1/p-1. The molecule has 2 radical (unpaired) electrons. The van der Waals surface area contributed by atoms with Crippen molar-refractivity contribution in [2.45, 2.75) is 39.0 Å². The molecule has 19 heavy (non-hydrogen) atoms. The average molecular weight is 261 g/mol. The van der Waals surface area contributed by atoms with E-state index >= 15 is 0 Å². The van der Waals surface area contributed by atoms with Gasteiger partial charge in [-0.15, -0.1) is 0 Å². The van der Waals surface area contributed by atoms with Crippen molar-refractivity contribution in [1.29, 1.82) is 0 Å². The Morgan fingerprint density at radius 2 is 1.79 bits per heavy atom. The number of nitrogens with zero attached hydrogens (tertiary/aromatic N) is 1. The predicted octanol–water partition coefficient (Wildman–Crippen LogP) is -0.399. The first kappa shape index (κ1) is 21.4. The first-order valence-corrected chi connectivity index (χ1v) is 9.59. The molecule has 0 aliphatic rings. The minimum atomic E-state index is -1.26. The van der Waals surface area contributed by atoms with Gasteiger partial charge in [-0.25, -0.2) is 0 Å². The van der Waals surface area contributed by atoms with E-state index in [-0.39, 0.29) is 49.7 Å². The predicted molar refractivity (Wildman–Crippen MR) is 80.3 cm³/mol. The van der Waals surface area contributed by atoms with Crippen LogP contribution in [0.1, 0.15) is 24.9 Å². The van der Waals surface area contributed by atoms with Crippen LogP contribution >= 0.6 is 0 Å². The Labute approximate surface area is 142 Å². The molecule has 0 bridgehead atoms. The van der Waals surface area contributed by atoms with Crippen molar-refractivity contribution in [3.8, 4) is 0 Å². The van der Waals surface area contributed by atoms with Gasteiger partial charge >= 0.3 is 18.9 Å². The van der Waals surface area contributed by atoms with E-state index in [1.807, 2.05) is 37.3 Å². The summed E-state index contributed by atoms with van der Waals surface area (Å²) in [7, 11) is -1.26. The van der Waals surface area contributed by atoms with Gasteiger partial charge in [-0.2, -0.15) is 0 Å². The zero-order valence-corrected chi connectivity index (χ0v) is 14.1. The van der Waals surface area contributed by atoms with Gasteiger partial charge in [0, 0.05) is 26.9 Å². The monoisotopic (exact) mass is 261 g/mol. The summed E-state index contributed by atoms with van der Waals surface area (Å²) in [6.07, 6.45) is 0.479. The molecule has 0 aliphatic carbocycles. The molecule has 0 N–H and O–H groups in total. The van der Waals surface area contributed by atoms with E-state index < -0.39 is 8.07 Å². The average Bonchev–Trinajstić information content (AvgIpc) is 2.27. The summed E-state index contributed by atoms with van der Waals surface area (Å²) in [6, 6.07) is 12.0. The Morgan fingerprint density at radius 1 is 1.26 bits per heavy atom. The largest absolute Gasteiger partial charge is 1.00 e. The molecule has 1 unspecified atom stereocenters. The molecule has 0 saturated heterocycles. The van der Waals surface area contributed by atoms with E-state index in [1.165, 1.54) is 0 Å². The first-order chi connectivity index (χ1) is 7.88. The summed E-state index contributed by atoms with van der Waals surface area (Å²) >= 11 is 0. The van der Waals surface area contributed by atoms with Crippen LogP contribution in [0.25, 0.3) is 0 Å². The summed E-state index contributed by atoms with van der Waals surface area (Å²) in [5, 5.41) is 11.7. The normalized spacial score (nSPS) is 13.2. The van der Waals surface area contributed by atoms with Gasteiger partial charge in [-0.3, -0.25) is 4.99 Å². The molecule has 94 valence electrons. The molecular formula is C14H21Li2NOSi. The van der Waals surface area contributed by atoms with Crippen LogP contribution in [0.4, 0.5) is 0 Å². The van der Waals surface area contributed by atoms with Crippen molar-refractivity contribution >= 4 is 32.8 Å². The van der Waals surface area contributed by atoms with Gasteiger partial charge in [-0.1, -0.05) is 50.0 Å². The SMILES string of the molecule is CC(N=C([O-])C[CH][Si](C)(C)C)c1ccccc1.[Li+].[Li]. The number of hydrogen-bond donors (Lipinski definition) is 0. The van der Waals surface area contributed by atoms with Gasteiger partial charge in [-0.05, 0) is 30.8 Å². The fourth-order valence-electron chi connectivity index (χ4n) is 1.47. The van der Waals surface area contributed by atoms with Gasteiger partial charge in [0.05, 0.1) is 6.04 Å². The Kier molecular flexibility index (Phi) is 11.2. The topological polar surface area (TPSA) is 35.4 Å². The zero-order valence-electron chi connectivity index (χ0n) is 13.1. The van der Waals surface area contributed by atoms with E-state index in [2.05, 4.69) is 30.7 Å². The third-order valence-electron chi connectivity index (χ3n) is 2.51. The molecule has 0 amide bonds. The van der Waals surface area contributed by atoms with Gasteiger partial charge < -0.3 is 5.11 Å². The molecule has 1 rings (SSSR count). The fraction of sp³-hybridized carbons (Fsp3) is 0.429. The van der Waals surface area contributed by atoms with Crippen molar-refractivity contribution in [2.75, 3.05) is 0 Å². The van der Waals surface area contributed by atoms with Crippen LogP contribution in [-0.4, -0.2) is 32.8 Å². The van der Waals surface area contributed by atoms with Gasteiger partial charge in [0.2, 0.25) is 0 Å². The third-order valence-corrected chi connectivity index (χ3v) is 3.94. The summed E-state index contributed by atoms with van der Waals surface area (Å²) in [5.41, 5.74) is 1.09. The number of aliphatic imine (C=N–C) groups is 1. The summed E-state index contributed by atoms with van der Waals surface area (Å²) in [5.74, 6) is -0.0104. The van der Waals surface area contributed by atoms with E-state index in [0.29, 0.717) is 6.42 Å². The molecular weight excluding hydrogens is 240 g/mol. The van der Waals surface area contributed by atoms with Crippen LogP contribution in [0.3, 0.4) is 0 Å². The quantitative estimate of drug-likeness (QED) is 0.403. The molecule has 1 aromatic carbocycles. The van der Waals surface area contributed by atoms with Crippen molar-refractivity contribution < 1.29 is 24.0 Å². The van der Waals surface area contributed by atoms with Crippen molar-refractivity contribution in [3.05, 3.63) is 41.9 Å². The van der Waals surface area contributed by atoms with Crippen LogP contribution in [0.5, 0.6) is 0 Å². The van der Waals surface area contributed by atoms with E-state index in [0.717, 1.165) is 5.56 Å². The summed E-state index contributed by atoms with van der Waals surface area (Å²) in [4.78, 5) is 4.20. The van der Waals surface area contributed by atoms with Crippen LogP contribution in [0.2, 0.25) is 19.6 Å². The Morgan fingerprint density at radius 3 is 2.26 bits per heavy atom. The van der Waals surface area contributed by atoms with Crippen molar-refractivity contribution in [1.82, 2.24) is 0 Å². The second-order valence-electron chi connectivity index (χ2n) is 5.38. The molecule has 2 nitrogen and oxygen atoms in total. The molecule has 0 aromatic heterocycles. The Balaban J connectivity index is 0. The summed E-state index contributed by atoms with van der Waals surface area (Å²) < 4.78 is 0. The fourth-order valence-corrected chi connectivity index (χ4v) is 2.26. The van der Waals surface area contributed by atoms with Crippen LogP contribution < -0.4 is 24.0 Å². The van der Waals surface area contributed by atoms with Gasteiger partial charge in [0.25, 0.3) is 0 Å². The first-order valence-electron chi connectivity index (χ1n) is 6.01. The van der Waals surface area contributed by atoms with Crippen LogP contribution in [-0.2, 0) is 0 Å². The van der Waals surface area contributed by atoms with Crippen molar-refractivity contribution in [3.63, 3.8) is 0 Å². The minimum absolute atomic E-state index is 0.